The second-order valence-corrected chi connectivity index (χ2v) is 4.62. The van der Waals surface area contributed by atoms with Gasteiger partial charge in [0, 0.05) is 39.7 Å². The van der Waals surface area contributed by atoms with Crippen LogP contribution >= 0.6 is 11.6 Å². The number of likely N-dealkylation sites (N-methyl/N-ethyl adjacent to an activating group) is 1. The van der Waals surface area contributed by atoms with E-state index in [4.69, 9.17) is 16.3 Å². The largest absolute Gasteiger partial charge is 0.385 e. The molecule has 0 fully saturated rings. The van der Waals surface area contributed by atoms with Crippen LogP contribution in [-0.2, 0) is 9.53 Å². The fourth-order valence-electron chi connectivity index (χ4n) is 1.54. The van der Waals surface area contributed by atoms with Crippen LogP contribution in [0.1, 0.15) is 16.8 Å². The molecular formula is C13H18ClN3O3. The van der Waals surface area contributed by atoms with Crippen molar-refractivity contribution in [3.63, 3.8) is 0 Å². The van der Waals surface area contributed by atoms with Gasteiger partial charge in [0.15, 0.2) is 0 Å². The third kappa shape index (κ3) is 5.14. The van der Waals surface area contributed by atoms with Gasteiger partial charge >= 0.3 is 0 Å². The third-order valence-corrected chi connectivity index (χ3v) is 2.88. The molecule has 1 N–H and O–H groups in total. The third-order valence-electron chi connectivity index (χ3n) is 2.58. The Bertz CT molecular complexity index is 468. The van der Waals surface area contributed by atoms with Crippen molar-refractivity contribution in [2.75, 3.05) is 33.9 Å². The van der Waals surface area contributed by atoms with Crippen LogP contribution in [0.25, 0.3) is 0 Å². The highest BCUT2D eigenvalue weighted by Crippen LogP contribution is 2.14. The number of rotatable bonds is 7. The fourth-order valence-corrected chi connectivity index (χ4v) is 1.74. The van der Waals surface area contributed by atoms with E-state index in [9.17, 15) is 9.59 Å². The van der Waals surface area contributed by atoms with Crippen LogP contribution in [0.5, 0.6) is 0 Å². The number of nitrogens with zero attached hydrogens (tertiary/aromatic N) is 2. The summed E-state index contributed by atoms with van der Waals surface area (Å²) in [7, 11) is 3.15. The number of hydrogen-bond acceptors (Lipinski definition) is 4. The van der Waals surface area contributed by atoms with Gasteiger partial charge in [-0.15, -0.1) is 0 Å². The predicted molar refractivity (Wildman–Crippen MR) is 75.7 cm³/mol. The molecule has 0 bridgehead atoms. The van der Waals surface area contributed by atoms with Crippen LogP contribution in [0.3, 0.4) is 0 Å². The first-order chi connectivity index (χ1) is 9.56. The molecule has 1 rings (SSSR count). The second kappa shape index (κ2) is 8.50. The van der Waals surface area contributed by atoms with E-state index in [-0.39, 0.29) is 23.4 Å². The Morgan fingerprint density at radius 3 is 2.90 bits per heavy atom. The molecule has 1 aromatic heterocycles. The summed E-state index contributed by atoms with van der Waals surface area (Å²) >= 11 is 5.89. The van der Waals surface area contributed by atoms with E-state index in [1.165, 1.54) is 23.4 Å². The Morgan fingerprint density at radius 2 is 2.25 bits per heavy atom. The molecule has 0 aliphatic rings. The highest BCUT2D eigenvalue weighted by molar-refractivity contribution is 6.33. The molecule has 0 unspecified atom stereocenters. The Labute approximate surface area is 123 Å². The smallest absolute Gasteiger partial charge is 0.255 e. The van der Waals surface area contributed by atoms with E-state index >= 15 is 0 Å². The molecule has 0 aromatic carbocycles. The zero-order valence-electron chi connectivity index (χ0n) is 11.6. The molecule has 0 spiro atoms. The van der Waals surface area contributed by atoms with Gasteiger partial charge in [0.1, 0.15) is 0 Å². The zero-order chi connectivity index (χ0) is 15.0. The summed E-state index contributed by atoms with van der Waals surface area (Å²) in [6, 6.07) is 1.53. The number of pyridine rings is 1. The first-order valence-electron chi connectivity index (χ1n) is 6.17. The molecule has 6 nitrogen and oxygen atoms in total. The molecule has 2 amide bonds. The maximum absolute atomic E-state index is 12.1. The molecule has 7 heteroatoms. The molecule has 0 saturated carbocycles. The number of nitrogens with one attached hydrogen (secondary N) is 1. The minimum Gasteiger partial charge on any atom is -0.385 e. The van der Waals surface area contributed by atoms with Gasteiger partial charge in [0.25, 0.3) is 5.91 Å². The van der Waals surface area contributed by atoms with Crippen molar-refractivity contribution >= 4 is 23.4 Å². The van der Waals surface area contributed by atoms with Gasteiger partial charge in [0.05, 0.1) is 17.1 Å². The molecule has 0 aliphatic carbocycles. The average Bonchev–Trinajstić information content (AvgIpc) is 2.43. The van der Waals surface area contributed by atoms with E-state index < -0.39 is 0 Å². The average molecular weight is 300 g/mol. The second-order valence-electron chi connectivity index (χ2n) is 4.21. The van der Waals surface area contributed by atoms with Crippen molar-refractivity contribution in [1.29, 1.82) is 0 Å². The number of hydrogen-bond donors (Lipinski definition) is 1. The standard InChI is InChI=1S/C13H18ClN3O3/c1-17(9-12(18)16-5-3-7-20-2)13(19)10-4-6-15-8-11(10)14/h4,6,8H,3,5,7,9H2,1-2H3,(H,16,18). The lowest BCUT2D eigenvalue weighted by molar-refractivity contribution is -0.121. The number of aromatic nitrogens is 1. The van der Waals surface area contributed by atoms with Gasteiger partial charge in [0.2, 0.25) is 5.91 Å². The van der Waals surface area contributed by atoms with Gasteiger partial charge < -0.3 is 15.0 Å². The van der Waals surface area contributed by atoms with Crippen LogP contribution in [0, 0.1) is 0 Å². The summed E-state index contributed by atoms with van der Waals surface area (Å²) in [6.45, 7) is 1.08. The van der Waals surface area contributed by atoms with Crippen LogP contribution in [0.4, 0.5) is 0 Å². The van der Waals surface area contributed by atoms with Crippen molar-refractivity contribution in [3.8, 4) is 0 Å². The van der Waals surface area contributed by atoms with E-state index in [1.807, 2.05) is 0 Å². The van der Waals surface area contributed by atoms with Crippen LogP contribution in [-0.4, -0.2) is 55.6 Å². The molecule has 1 heterocycles. The highest BCUT2D eigenvalue weighted by Gasteiger charge is 2.17. The SMILES string of the molecule is COCCCNC(=O)CN(C)C(=O)c1ccncc1Cl. The summed E-state index contributed by atoms with van der Waals surface area (Å²) < 4.78 is 4.88. The number of ether oxygens (including phenoxy) is 1. The van der Waals surface area contributed by atoms with E-state index in [1.54, 1.807) is 14.2 Å². The number of halogens is 1. The van der Waals surface area contributed by atoms with Gasteiger partial charge in [-0.25, -0.2) is 0 Å². The lowest BCUT2D eigenvalue weighted by Gasteiger charge is -2.17. The van der Waals surface area contributed by atoms with Crippen molar-refractivity contribution < 1.29 is 14.3 Å². The number of methoxy groups -OCH3 is 1. The molecule has 0 radical (unpaired) electrons. The predicted octanol–water partition coefficient (Wildman–Crippen LogP) is 0.960. The Balaban J connectivity index is 2.46. The summed E-state index contributed by atoms with van der Waals surface area (Å²) in [6.07, 6.45) is 3.61. The monoisotopic (exact) mass is 299 g/mol. The molecule has 0 saturated heterocycles. The van der Waals surface area contributed by atoms with E-state index in [0.717, 1.165) is 6.42 Å². The van der Waals surface area contributed by atoms with Crippen LogP contribution in [0.2, 0.25) is 5.02 Å². The fraction of sp³-hybridized carbons (Fsp3) is 0.462. The minimum atomic E-state index is -0.315. The summed E-state index contributed by atoms with van der Waals surface area (Å²) in [5, 5.41) is 2.98. The molecular weight excluding hydrogens is 282 g/mol. The summed E-state index contributed by atoms with van der Waals surface area (Å²) in [5.41, 5.74) is 0.330. The van der Waals surface area contributed by atoms with Crippen molar-refractivity contribution in [2.24, 2.45) is 0 Å². The van der Waals surface area contributed by atoms with Gasteiger partial charge in [-0.2, -0.15) is 0 Å². The lowest BCUT2D eigenvalue weighted by atomic mass is 10.2. The highest BCUT2D eigenvalue weighted by atomic mass is 35.5. The molecule has 0 aliphatic heterocycles. The van der Waals surface area contributed by atoms with Crippen LogP contribution < -0.4 is 5.32 Å². The molecule has 0 atom stereocenters. The van der Waals surface area contributed by atoms with Gasteiger partial charge in [-0.1, -0.05) is 11.6 Å². The zero-order valence-corrected chi connectivity index (χ0v) is 12.3. The normalized spacial score (nSPS) is 10.2. The first kappa shape index (κ1) is 16.4. The van der Waals surface area contributed by atoms with Crippen LogP contribution in [0.15, 0.2) is 18.5 Å². The Morgan fingerprint density at radius 1 is 1.50 bits per heavy atom. The molecule has 1 aromatic rings. The van der Waals surface area contributed by atoms with E-state index in [0.29, 0.717) is 18.7 Å². The number of carbonyl (C=O) groups excluding carboxylic acids is 2. The Kier molecular flexibility index (Phi) is 6.97. The van der Waals surface area contributed by atoms with Crippen molar-refractivity contribution in [3.05, 3.63) is 29.0 Å². The van der Waals surface area contributed by atoms with E-state index in [2.05, 4.69) is 10.3 Å². The maximum Gasteiger partial charge on any atom is 0.255 e. The quantitative estimate of drug-likeness (QED) is 0.761. The van der Waals surface area contributed by atoms with Gasteiger partial charge in [-0.3, -0.25) is 14.6 Å². The summed E-state index contributed by atoms with van der Waals surface area (Å²) in [4.78, 5) is 28.9. The summed E-state index contributed by atoms with van der Waals surface area (Å²) in [5.74, 6) is -0.536. The molecule has 20 heavy (non-hydrogen) atoms. The number of carbonyl (C=O) groups is 2. The van der Waals surface area contributed by atoms with Crippen molar-refractivity contribution in [1.82, 2.24) is 15.2 Å². The number of amides is 2. The molecule has 110 valence electrons. The lowest BCUT2D eigenvalue weighted by Crippen LogP contribution is -2.38. The first-order valence-corrected chi connectivity index (χ1v) is 6.54. The Hall–Kier alpha value is -1.66. The maximum atomic E-state index is 12.1. The minimum absolute atomic E-state index is 0.0233. The van der Waals surface area contributed by atoms with Crippen molar-refractivity contribution in [2.45, 2.75) is 6.42 Å². The van der Waals surface area contributed by atoms with Gasteiger partial charge in [-0.05, 0) is 12.5 Å². The topological polar surface area (TPSA) is 71.5 Å².